The average Bonchev–Trinajstić information content (AvgIpc) is 3.07. The van der Waals surface area contributed by atoms with Crippen molar-refractivity contribution in [3.05, 3.63) is 22.3 Å². The molecular formula is C47H84O3. The van der Waals surface area contributed by atoms with Gasteiger partial charge in [-0.15, -0.1) is 0 Å². The number of rotatable bonds is 29. The Balaban J connectivity index is 1.67. The van der Waals surface area contributed by atoms with Crippen LogP contribution in [0.3, 0.4) is 0 Å². The zero-order chi connectivity index (χ0) is 36.8. The van der Waals surface area contributed by atoms with Crippen molar-refractivity contribution in [2.75, 3.05) is 0 Å². The molecule has 0 fully saturated rings. The lowest BCUT2D eigenvalue weighted by atomic mass is 9.83. The maximum absolute atomic E-state index is 12.9. The highest BCUT2D eigenvalue weighted by Crippen LogP contribution is 2.45. The van der Waals surface area contributed by atoms with Crippen molar-refractivity contribution in [2.45, 2.75) is 241 Å². The molecule has 0 amide bonds. The van der Waals surface area contributed by atoms with Crippen molar-refractivity contribution >= 4 is 5.97 Å². The van der Waals surface area contributed by atoms with E-state index in [4.69, 9.17) is 9.47 Å². The molecule has 1 aromatic carbocycles. The predicted molar refractivity (Wildman–Crippen MR) is 218 cm³/mol. The van der Waals surface area contributed by atoms with Gasteiger partial charge < -0.3 is 9.47 Å². The van der Waals surface area contributed by atoms with Crippen molar-refractivity contribution < 1.29 is 14.3 Å². The SMILES string of the molecule is CCCCCCCCCCCCCCCCCC(=O)Oc1c(C)c(C)c2c(c1C)CC[C@@](C)(CCC[C@H](C)CCC[C@H](C)CCCC(C)C)O2. The van der Waals surface area contributed by atoms with Gasteiger partial charge in [0.1, 0.15) is 17.1 Å². The van der Waals surface area contributed by atoms with Crippen molar-refractivity contribution in [1.29, 1.82) is 0 Å². The fourth-order valence-corrected chi connectivity index (χ4v) is 8.22. The van der Waals surface area contributed by atoms with Gasteiger partial charge in [0.25, 0.3) is 0 Å². The summed E-state index contributed by atoms with van der Waals surface area (Å²) in [5.74, 6) is 4.24. The first kappa shape index (κ1) is 44.7. The molecule has 0 saturated carbocycles. The van der Waals surface area contributed by atoms with Gasteiger partial charge in [-0.05, 0) is 94.2 Å². The van der Waals surface area contributed by atoms with Crippen molar-refractivity contribution in [3.63, 3.8) is 0 Å². The van der Waals surface area contributed by atoms with Crippen molar-refractivity contribution in [1.82, 2.24) is 0 Å². The van der Waals surface area contributed by atoms with E-state index >= 15 is 0 Å². The molecule has 0 N–H and O–H groups in total. The highest BCUT2D eigenvalue weighted by Gasteiger charge is 2.34. The molecule has 3 atom stereocenters. The number of esters is 1. The minimum absolute atomic E-state index is 0.0819. The first-order chi connectivity index (χ1) is 24.0. The second-order valence-electron chi connectivity index (χ2n) is 17.6. The first-order valence-corrected chi connectivity index (χ1v) is 22.0. The van der Waals surface area contributed by atoms with E-state index in [0.717, 1.165) is 78.0 Å². The van der Waals surface area contributed by atoms with E-state index in [9.17, 15) is 4.79 Å². The fourth-order valence-electron chi connectivity index (χ4n) is 8.22. The van der Waals surface area contributed by atoms with Crippen LogP contribution < -0.4 is 9.47 Å². The number of benzene rings is 1. The van der Waals surface area contributed by atoms with Crippen LogP contribution in [-0.2, 0) is 11.2 Å². The quantitative estimate of drug-likeness (QED) is 0.0475. The Kier molecular flexibility index (Phi) is 22.7. The zero-order valence-electron chi connectivity index (χ0n) is 35.0. The maximum Gasteiger partial charge on any atom is 0.311 e. The normalized spacial score (nSPS) is 17.1. The Labute approximate surface area is 312 Å². The molecule has 3 nitrogen and oxygen atoms in total. The second-order valence-corrected chi connectivity index (χ2v) is 17.6. The molecule has 0 saturated heterocycles. The Morgan fingerprint density at radius 2 is 1.12 bits per heavy atom. The van der Waals surface area contributed by atoms with E-state index in [0.29, 0.717) is 6.42 Å². The molecule has 0 aromatic heterocycles. The van der Waals surface area contributed by atoms with E-state index in [-0.39, 0.29) is 11.6 Å². The van der Waals surface area contributed by atoms with E-state index in [1.807, 2.05) is 0 Å². The molecule has 1 heterocycles. The second kappa shape index (κ2) is 25.5. The Hall–Kier alpha value is -1.51. The molecule has 50 heavy (non-hydrogen) atoms. The zero-order valence-corrected chi connectivity index (χ0v) is 35.0. The van der Waals surface area contributed by atoms with E-state index in [2.05, 4.69) is 62.3 Å². The lowest BCUT2D eigenvalue weighted by Crippen LogP contribution is -2.37. The Morgan fingerprint density at radius 3 is 1.64 bits per heavy atom. The lowest BCUT2D eigenvalue weighted by Gasteiger charge is -2.38. The summed E-state index contributed by atoms with van der Waals surface area (Å²) >= 11 is 0. The Morgan fingerprint density at radius 1 is 0.640 bits per heavy atom. The summed E-state index contributed by atoms with van der Waals surface area (Å²) in [7, 11) is 0. The first-order valence-electron chi connectivity index (χ1n) is 22.0. The molecule has 0 unspecified atom stereocenters. The summed E-state index contributed by atoms with van der Waals surface area (Å²) in [6.45, 7) is 20.5. The number of hydrogen-bond donors (Lipinski definition) is 0. The minimum Gasteiger partial charge on any atom is -0.487 e. The number of carbonyl (C=O) groups is 1. The van der Waals surface area contributed by atoms with Gasteiger partial charge in [0.2, 0.25) is 0 Å². The third-order valence-electron chi connectivity index (χ3n) is 12.0. The lowest BCUT2D eigenvalue weighted by molar-refractivity contribution is -0.134. The minimum atomic E-state index is -0.118. The third kappa shape index (κ3) is 17.8. The number of ether oxygens (including phenoxy) is 2. The summed E-state index contributed by atoms with van der Waals surface area (Å²) < 4.78 is 12.9. The summed E-state index contributed by atoms with van der Waals surface area (Å²) in [5.41, 5.74) is 4.43. The molecule has 1 aliphatic rings. The summed E-state index contributed by atoms with van der Waals surface area (Å²) in [6.07, 6.45) is 34.4. The van der Waals surface area contributed by atoms with Crippen LogP contribution in [0.15, 0.2) is 0 Å². The molecule has 290 valence electrons. The summed E-state index contributed by atoms with van der Waals surface area (Å²) in [4.78, 5) is 12.9. The van der Waals surface area contributed by atoms with Crippen molar-refractivity contribution in [3.8, 4) is 11.5 Å². The van der Waals surface area contributed by atoms with Crippen LogP contribution in [0, 0.1) is 38.5 Å². The predicted octanol–water partition coefficient (Wildman–Crippen LogP) is 15.3. The van der Waals surface area contributed by atoms with Gasteiger partial charge in [0.05, 0.1) is 0 Å². The maximum atomic E-state index is 12.9. The fraction of sp³-hybridized carbons (Fsp3) is 0.851. The van der Waals surface area contributed by atoms with Crippen molar-refractivity contribution in [2.24, 2.45) is 17.8 Å². The molecule has 0 bridgehead atoms. The van der Waals surface area contributed by atoms with Gasteiger partial charge in [0, 0.05) is 12.0 Å². The number of unbranched alkanes of at least 4 members (excludes halogenated alkanes) is 14. The van der Waals surface area contributed by atoms with E-state index < -0.39 is 0 Å². The molecule has 1 aromatic rings. The average molecular weight is 697 g/mol. The van der Waals surface area contributed by atoms with Gasteiger partial charge >= 0.3 is 5.97 Å². The Bertz CT molecular complexity index is 1060. The van der Waals surface area contributed by atoms with Crippen LogP contribution in [-0.4, -0.2) is 11.6 Å². The monoisotopic (exact) mass is 697 g/mol. The van der Waals surface area contributed by atoms with E-state index in [1.54, 1.807) is 0 Å². The van der Waals surface area contributed by atoms with Crippen LogP contribution in [0.2, 0.25) is 0 Å². The van der Waals surface area contributed by atoms with Crippen LogP contribution in [0.4, 0.5) is 0 Å². The largest absolute Gasteiger partial charge is 0.487 e. The molecular weight excluding hydrogens is 613 g/mol. The molecule has 0 spiro atoms. The van der Waals surface area contributed by atoms with Gasteiger partial charge in [-0.1, -0.05) is 169 Å². The van der Waals surface area contributed by atoms with E-state index in [1.165, 1.54) is 140 Å². The smallest absolute Gasteiger partial charge is 0.311 e. The van der Waals surface area contributed by atoms with Gasteiger partial charge in [-0.3, -0.25) is 4.79 Å². The highest BCUT2D eigenvalue weighted by molar-refractivity contribution is 5.74. The van der Waals surface area contributed by atoms with Crippen LogP contribution in [0.25, 0.3) is 0 Å². The summed E-state index contributed by atoms with van der Waals surface area (Å²) in [6, 6.07) is 0. The number of fused-ring (bicyclic) bond motifs is 1. The van der Waals surface area contributed by atoms with Gasteiger partial charge in [0.15, 0.2) is 0 Å². The number of hydrogen-bond acceptors (Lipinski definition) is 3. The number of carbonyl (C=O) groups excluding carboxylic acids is 1. The molecule has 3 heteroatoms. The standard InChI is InChI=1S/C47H84O3/c1-10-11-12-13-14-15-16-17-18-19-20-21-22-23-24-33-44(48)49-45-40(6)41(7)46-43(42(45)8)34-36-47(9,50-46)35-27-32-39(5)31-26-30-38(4)29-25-28-37(2)3/h37-39H,10-36H2,1-9H3/t38-,39-,47-/m1/s1. The van der Waals surface area contributed by atoms with Crippen LogP contribution in [0.5, 0.6) is 11.5 Å². The van der Waals surface area contributed by atoms with Gasteiger partial charge in [-0.2, -0.15) is 0 Å². The molecule has 2 rings (SSSR count). The van der Waals surface area contributed by atoms with Gasteiger partial charge in [-0.25, -0.2) is 0 Å². The molecule has 0 aliphatic carbocycles. The van der Waals surface area contributed by atoms with Crippen LogP contribution >= 0.6 is 0 Å². The third-order valence-corrected chi connectivity index (χ3v) is 12.0. The topological polar surface area (TPSA) is 35.5 Å². The highest BCUT2D eigenvalue weighted by atomic mass is 16.5. The summed E-state index contributed by atoms with van der Waals surface area (Å²) in [5, 5.41) is 0. The van der Waals surface area contributed by atoms with Crippen LogP contribution in [0.1, 0.15) is 231 Å². The molecule has 0 radical (unpaired) electrons. The molecule has 1 aliphatic heterocycles.